The van der Waals surface area contributed by atoms with Crippen molar-refractivity contribution in [2.75, 3.05) is 18.0 Å². The fourth-order valence-corrected chi connectivity index (χ4v) is 2.87. The van der Waals surface area contributed by atoms with Crippen LogP contribution in [-0.2, 0) is 9.59 Å². The van der Waals surface area contributed by atoms with Crippen molar-refractivity contribution in [3.8, 4) is 0 Å². The zero-order valence-electron chi connectivity index (χ0n) is 13.1. The first-order valence-corrected chi connectivity index (χ1v) is 7.62. The Labute approximate surface area is 126 Å². The monoisotopic (exact) mass is 288 g/mol. The molecule has 0 aromatic heterocycles. The van der Waals surface area contributed by atoms with Crippen LogP contribution in [0.1, 0.15) is 45.1 Å². The van der Waals surface area contributed by atoms with E-state index in [9.17, 15) is 9.59 Å². The molecule has 1 N–H and O–H groups in total. The second-order valence-corrected chi connectivity index (χ2v) is 6.12. The topological polar surface area (TPSA) is 49.4 Å². The molecular formula is C17H24N2O2. The lowest BCUT2D eigenvalue weighted by Crippen LogP contribution is -2.29. The molecule has 0 radical (unpaired) electrons. The summed E-state index contributed by atoms with van der Waals surface area (Å²) in [7, 11) is 0. The standard InChI is InChI=1S/C17H24N2O2/c1-12(2)10-17(21)18-9-8-14-11-19(13(3)20)16-7-5-4-6-15(14)16/h4-7,12,14H,8-11H2,1-3H3,(H,18,21). The Bertz CT molecular complexity index is 525. The summed E-state index contributed by atoms with van der Waals surface area (Å²) in [5.74, 6) is 0.878. The third-order valence-corrected chi connectivity index (χ3v) is 3.86. The molecular weight excluding hydrogens is 264 g/mol. The summed E-state index contributed by atoms with van der Waals surface area (Å²) in [4.78, 5) is 25.2. The largest absolute Gasteiger partial charge is 0.356 e. The third kappa shape index (κ3) is 3.84. The fourth-order valence-electron chi connectivity index (χ4n) is 2.87. The van der Waals surface area contributed by atoms with Gasteiger partial charge in [-0.15, -0.1) is 0 Å². The van der Waals surface area contributed by atoms with Crippen molar-refractivity contribution in [3.63, 3.8) is 0 Å². The Morgan fingerprint density at radius 1 is 1.33 bits per heavy atom. The maximum Gasteiger partial charge on any atom is 0.223 e. The van der Waals surface area contributed by atoms with Crippen LogP contribution >= 0.6 is 0 Å². The van der Waals surface area contributed by atoms with Crippen molar-refractivity contribution in [1.29, 1.82) is 0 Å². The molecule has 0 spiro atoms. The van der Waals surface area contributed by atoms with Crippen LogP contribution in [0.4, 0.5) is 5.69 Å². The molecule has 1 heterocycles. The summed E-state index contributed by atoms with van der Waals surface area (Å²) < 4.78 is 0. The van der Waals surface area contributed by atoms with E-state index in [2.05, 4.69) is 11.4 Å². The van der Waals surface area contributed by atoms with Crippen LogP contribution in [0.3, 0.4) is 0 Å². The highest BCUT2D eigenvalue weighted by Gasteiger charge is 2.29. The van der Waals surface area contributed by atoms with E-state index >= 15 is 0 Å². The summed E-state index contributed by atoms with van der Waals surface area (Å²) in [5.41, 5.74) is 2.23. The van der Waals surface area contributed by atoms with Gasteiger partial charge in [0.25, 0.3) is 0 Å². The smallest absolute Gasteiger partial charge is 0.223 e. The molecule has 1 atom stereocenters. The summed E-state index contributed by atoms with van der Waals surface area (Å²) >= 11 is 0. The van der Waals surface area contributed by atoms with Crippen molar-refractivity contribution in [2.24, 2.45) is 5.92 Å². The van der Waals surface area contributed by atoms with Gasteiger partial charge in [0.05, 0.1) is 0 Å². The summed E-state index contributed by atoms with van der Waals surface area (Å²) in [5, 5.41) is 2.97. The first-order valence-electron chi connectivity index (χ1n) is 7.62. The summed E-state index contributed by atoms with van der Waals surface area (Å²) in [6.45, 7) is 7.06. The fraction of sp³-hybridized carbons (Fsp3) is 0.529. The molecule has 114 valence electrons. The van der Waals surface area contributed by atoms with Gasteiger partial charge in [-0.1, -0.05) is 32.0 Å². The molecule has 1 aliphatic rings. The van der Waals surface area contributed by atoms with E-state index in [1.165, 1.54) is 5.56 Å². The first kappa shape index (κ1) is 15.5. The molecule has 0 fully saturated rings. The van der Waals surface area contributed by atoms with Gasteiger partial charge in [0.15, 0.2) is 0 Å². The van der Waals surface area contributed by atoms with Crippen LogP contribution in [0.15, 0.2) is 24.3 Å². The van der Waals surface area contributed by atoms with Crippen LogP contribution in [0.5, 0.6) is 0 Å². The minimum absolute atomic E-state index is 0.0776. The molecule has 2 amide bonds. The van der Waals surface area contributed by atoms with Gasteiger partial charge in [0.2, 0.25) is 11.8 Å². The van der Waals surface area contributed by atoms with Crippen LogP contribution in [0, 0.1) is 5.92 Å². The average Bonchev–Trinajstić information content (AvgIpc) is 2.77. The molecule has 0 aliphatic carbocycles. The van der Waals surface area contributed by atoms with Gasteiger partial charge in [-0.2, -0.15) is 0 Å². The van der Waals surface area contributed by atoms with Gasteiger partial charge in [-0.25, -0.2) is 0 Å². The predicted molar refractivity (Wildman–Crippen MR) is 84.3 cm³/mol. The number of anilines is 1. The SMILES string of the molecule is CC(=O)N1CC(CCNC(=O)CC(C)C)c2ccccc21. The molecule has 4 heteroatoms. The third-order valence-electron chi connectivity index (χ3n) is 3.86. The van der Waals surface area contributed by atoms with Crippen molar-refractivity contribution >= 4 is 17.5 Å². The van der Waals surface area contributed by atoms with E-state index in [1.807, 2.05) is 36.9 Å². The maximum atomic E-state index is 11.7. The highest BCUT2D eigenvalue weighted by molar-refractivity contribution is 5.94. The molecule has 1 unspecified atom stereocenters. The number of amides is 2. The highest BCUT2D eigenvalue weighted by Crippen LogP contribution is 2.37. The number of benzene rings is 1. The van der Waals surface area contributed by atoms with E-state index < -0.39 is 0 Å². The quantitative estimate of drug-likeness (QED) is 0.905. The van der Waals surface area contributed by atoms with E-state index in [0.717, 1.165) is 12.1 Å². The lowest BCUT2D eigenvalue weighted by Gasteiger charge is -2.15. The number of nitrogens with zero attached hydrogens (tertiary/aromatic N) is 1. The molecule has 4 nitrogen and oxygen atoms in total. The number of fused-ring (bicyclic) bond motifs is 1. The molecule has 0 saturated carbocycles. The van der Waals surface area contributed by atoms with Gasteiger partial charge < -0.3 is 10.2 Å². The normalized spacial score (nSPS) is 17.0. The van der Waals surface area contributed by atoms with Gasteiger partial charge in [-0.3, -0.25) is 9.59 Å². The van der Waals surface area contributed by atoms with Crippen LogP contribution < -0.4 is 10.2 Å². The van der Waals surface area contributed by atoms with Crippen molar-refractivity contribution in [3.05, 3.63) is 29.8 Å². The molecule has 1 aromatic carbocycles. The predicted octanol–water partition coefficient (Wildman–Crippen LogP) is 2.69. The van der Waals surface area contributed by atoms with Crippen molar-refractivity contribution < 1.29 is 9.59 Å². The van der Waals surface area contributed by atoms with Gasteiger partial charge in [0.1, 0.15) is 0 Å². The van der Waals surface area contributed by atoms with Crippen molar-refractivity contribution in [2.45, 2.75) is 39.5 Å². The molecule has 0 saturated heterocycles. The number of nitrogens with one attached hydrogen (secondary N) is 1. The number of rotatable bonds is 5. The Morgan fingerprint density at radius 3 is 2.71 bits per heavy atom. The first-order chi connectivity index (χ1) is 9.99. The lowest BCUT2D eigenvalue weighted by molar-refractivity contribution is -0.121. The Balaban J connectivity index is 1.93. The molecule has 21 heavy (non-hydrogen) atoms. The average molecular weight is 288 g/mol. The summed E-state index contributed by atoms with van der Waals surface area (Å²) in [6.07, 6.45) is 1.44. The number of para-hydroxylation sites is 1. The van der Waals surface area contributed by atoms with Crippen molar-refractivity contribution in [1.82, 2.24) is 5.32 Å². The number of carbonyl (C=O) groups is 2. The van der Waals surface area contributed by atoms with E-state index in [4.69, 9.17) is 0 Å². The van der Waals surface area contributed by atoms with Crippen LogP contribution in [0.2, 0.25) is 0 Å². The number of hydrogen-bond donors (Lipinski definition) is 1. The molecule has 2 rings (SSSR count). The molecule has 1 aromatic rings. The minimum atomic E-state index is 0.0776. The number of carbonyl (C=O) groups excluding carboxylic acids is 2. The van der Waals surface area contributed by atoms with E-state index in [-0.39, 0.29) is 11.8 Å². The minimum Gasteiger partial charge on any atom is -0.356 e. The highest BCUT2D eigenvalue weighted by atomic mass is 16.2. The van der Waals surface area contributed by atoms with E-state index in [0.29, 0.717) is 31.3 Å². The zero-order chi connectivity index (χ0) is 15.4. The van der Waals surface area contributed by atoms with Gasteiger partial charge in [0, 0.05) is 38.0 Å². The van der Waals surface area contributed by atoms with Gasteiger partial charge >= 0.3 is 0 Å². The zero-order valence-corrected chi connectivity index (χ0v) is 13.1. The second kappa shape index (κ2) is 6.74. The molecule has 1 aliphatic heterocycles. The number of hydrogen-bond acceptors (Lipinski definition) is 2. The Hall–Kier alpha value is -1.84. The van der Waals surface area contributed by atoms with Crippen LogP contribution in [-0.4, -0.2) is 24.9 Å². The van der Waals surface area contributed by atoms with E-state index in [1.54, 1.807) is 6.92 Å². The van der Waals surface area contributed by atoms with Crippen LogP contribution in [0.25, 0.3) is 0 Å². The maximum absolute atomic E-state index is 11.7. The second-order valence-electron chi connectivity index (χ2n) is 6.12. The molecule has 0 bridgehead atoms. The lowest BCUT2D eigenvalue weighted by atomic mass is 9.98. The summed E-state index contributed by atoms with van der Waals surface area (Å²) in [6, 6.07) is 8.04. The van der Waals surface area contributed by atoms with Gasteiger partial charge in [-0.05, 0) is 24.0 Å². The Morgan fingerprint density at radius 2 is 2.05 bits per heavy atom. The Kier molecular flexibility index (Phi) is 4.99.